The van der Waals surface area contributed by atoms with Gasteiger partial charge in [-0.25, -0.2) is 0 Å². The number of nitrogens with zero attached hydrogens (tertiary/aromatic N) is 2. The fourth-order valence-corrected chi connectivity index (χ4v) is 2.09. The summed E-state index contributed by atoms with van der Waals surface area (Å²) in [6.07, 6.45) is 1.59. The number of ether oxygens (including phenoxy) is 1. The van der Waals surface area contributed by atoms with Crippen molar-refractivity contribution in [3.63, 3.8) is 0 Å². The highest BCUT2D eigenvalue weighted by molar-refractivity contribution is 6.31. The van der Waals surface area contributed by atoms with E-state index < -0.39 is 0 Å². The number of halogens is 1. The molecule has 0 aliphatic carbocycles. The molecule has 21 heavy (non-hydrogen) atoms. The van der Waals surface area contributed by atoms with Crippen LogP contribution in [0.25, 0.3) is 0 Å². The first-order valence-corrected chi connectivity index (χ1v) is 6.77. The Kier molecular flexibility index (Phi) is 4.70. The van der Waals surface area contributed by atoms with E-state index in [1.54, 1.807) is 30.5 Å². The SMILES string of the molecule is COc1cccc(C=Nc2cc(Cl)ccc2N(C)C)c1O. The Morgan fingerprint density at radius 3 is 2.67 bits per heavy atom. The van der Waals surface area contributed by atoms with Crippen LogP contribution in [0.3, 0.4) is 0 Å². The Bertz CT molecular complexity index is 669. The van der Waals surface area contributed by atoms with Gasteiger partial charge in [0.25, 0.3) is 0 Å². The van der Waals surface area contributed by atoms with E-state index in [2.05, 4.69) is 4.99 Å². The summed E-state index contributed by atoms with van der Waals surface area (Å²) in [5.74, 6) is 0.482. The van der Waals surface area contributed by atoms with Gasteiger partial charge in [-0.2, -0.15) is 0 Å². The summed E-state index contributed by atoms with van der Waals surface area (Å²) in [6.45, 7) is 0. The molecule has 0 bridgehead atoms. The maximum absolute atomic E-state index is 10.0. The lowest BCUT2D eigenvalue weighted by molar-refractivity contribution is 0.373. The fourth-order valence-electron chi connectivity index (χ4n) is 1.93. The molecule has 0 atom stereocenters. The zero-order valence-electron chi connectivity index (χ0n) is 12.2. The first-order valence-electron chi connectivity index (χ1n) is 6.40. The third kappa shape index (κ3) is 3.47. The average molecular weight is 305 g/mol. The number of aromatic hydroxyl groups is 1. The third-order valence-electron chi connectivity index (χ3n) is 3.01. The molecule has 0 amide bonds. The molecule has 0 unspecified atom stereocenters. The molecular weight excluding hydrogens is 288 g/mol. The van der Waals surface area contributed by atoms with Crippen molar-refractivity contribution in [2.75, 3.05) is 26.1 Å². The molecular formula is C16H17ClN2O2. The molecule has 0 radical (unpaired) electrons. The van der Waals surface area contributed by atoms with Gasteiger partial charge in [-0.15, -0.1) is 0 Å². The van der Waals surface area contributed by atoms with Crippen molar-refractivity contribution in [3.8, 4) is 11.5 Å². The third-order valence-corrected chi connectivity index (χ3v) is 3.25. The van der Waals surface area contributed by atoms with E-state index in [1.165, 1.54) is 7.11 Å². The van der Waals surface area contributed by atoms with E-state index >= 15 is 0 Å². The van der Waals surface area contributed by atoms with Gasteiger partial charge in [0, 0.05) is 30.9 Å². The smallest absolute Gasteiger partial charge is 0.166 e. The van der Waals surface area contributed by atoms with Crippen LogP contribution in [0.2, 0.25) is 5.02 Å². The molecule has 0 spiro atoms. The summed E-state index contributed by atoms with van der Waals surface area (Å²) in [4.78, 5) is 6.38. The first-order chi connectivity index (χ1) is 10.0. The lowest BCUT2D eigenvalue weighted by atomic mass is 10.2. The second-order valence-electron chi connectivity index (χ2n) is 4.68. The van der Waals surface area contributed by atoms with Gasteiger partial charge >= 0.3 is 0 Å². The van der Waals surface area contributed by atoms with Gasteiger partial charge < -0.3 is 14.7 Å². The molecule has 0 aromatic heterocycles. The number of para-hydroxylation sites is 1. The minimum atomic E-state index is 0.0668. The molecule has 0 saturated carbocycles. The van der Waals surface area contributed by atoms with Gasteiger partial charge in [-0.3, -0.25) is 4.99 Å². The number of phenols is 1. The van der Waals surface area contributed by atoms with Crippen LogP contribution in [-0.4, -0.2) is 32.5 Å². The summed E-state index contributed by atoms with van der Waals surface area (Å²) in [7, 11) is 5.38. The van der Waals surface area contributed by atoms with Crippen LogP contribution in [0, 0.1) is 0 Å². The van der Waals surface area contributed by atoms with Crippen LogP contribution in [0.5, 0.6) is 11.5 Å². The molecule has 2 rings (SSSR count). The maximum atomic E-state index is 10.0. The van der Waals surface area contributed by atoms with Crippen molar-refractivity contribution >= 4 is 29.2 Å². The Morgan fingerprint density at radius 1 is 1.24 bits per heavy atom. The Morgan fingerprint density at radius 2 is 2.00 bits per heavy atom. The predicted molar refractivity (Wildman–Crippen MR) is 87.7 cm³/mol. The van der Waals surface area contributed by atoms with E-state index in [9.17, 15) is 5.11 Å². The number of hydrogen-bond donors (Lipinski definition) is 1. The molecule has 0 aliphatic heterocycles. The summed E-state index contributed by atoms with van der Waals surface area (Å²) >= 11 is 6.02. The second kappa shape index (κ2) is 6.50. The quantitative estimate of drug-likeness (QED) is 0.872. The fraction of sp³-hybridized carbons (Fsp3) is 0.188. The zero-order valence-corrected chi connectivity index (χ0v) is 12.9. The van der Waals surface area contributed by atoms with Gasteiger partial charge in [-0.05, 0) is 30.3 Å². The van der Waals surface area contributed by atoms with Crippen molar-refractivity contribution in [1.29, 1.82) is 0 Å². The Labute approximate surface area is 129 Å². The number of benzene rings is 2. The van der Waals surface area contributed by atoms with Gasteiger partial charge in [0.15, 0.2) is 11.5 Å². The van der Waals surface area contributed by atoms with Crippen LogP contribution < -0.4 is 9.64 Å². The second-order valence-corrected chi connectivity index (χ2v) is 5.12. The maximum Gasteiger partial charge on any atom is 0.166 e. The van der Waals surface area contributed by atoms with Gasteiger partial charge in [0.05, 0.1) is 18.5 Å². The molecule has 0 heterocycles. The highest BCUT2D eigenvalue weighted by Gasteiger charge is 2.07. The molecule has 1 N–H and O–H groups in total. The number of methoxy groups -OCH3 is 1. The molecule has 4 nitrogen and oxygen atoms in total. The van der Waals surface area contributed by atoms with Crippen LogP contribution in [-0.2, 0) is 0 Å². The van der Waals surface area contributed by atoms with Crippen molar-refractivity contribution in [3.05, 3.63) is 47.0 Å². The number of aliphatic imine (C=N–C) groups is 1. The molecule has 110 valence electrons. The Balaban J connectivity index is 2.40. The molecule has 0 saturated heterocycles. The van der Waals surface area contributed by atoms with Crippen LogP contribution in [0.4, 0.5) is 11.4 Å². The highest BCUT2D eigenvalue weighted by Crippen LogP contribution is 2.32. The first kappa shape index (κ1) is 15.2. The van der Waals surface area contributed by atoms with Crippen LogP contribution in [0.1, 0.15) is 5.56 Å². The highest BCUT2D eigenvalue weighted by atomic mass is 35.5. The van der Waals surface area contributed by atoms with E-state index in [0.29, 0.717) is 16.3 Å². The summed E-state index contributed by atoms with van der Waals surface area (Å²) in [6, 6.07) is 10.8. The van der Waals surface area contributed by atoms with E-state index in [4.69, 9.17) is 16.3 Å². The number of rotatable bonds is 4. The molecule has 0 fully saturated rings. The summed E-state index contributed by atoms with van der Waals surface area (Å²) in [5.41, 5.74) is 2.26. The van der Waals surface area contributed by atoms with E-state index in [0.717, 1.165) is 11.4 Å². The average Bonchev–Trinajstić information content (AvgIpc) is 2.46. The number of anilines is 1. The van der Waals surface area contributed by atoms with Gasteiger partial charge in [0.1, 0.15) is 0 Å². The minimum absolute atomic E-state index is 0.0668. The van der Waals surface area contributed by atoms with E-state index in [-0.39, 0.29) is 5.75 Å². The standard InChI is InChI=1S/C16H17ClN2O2/c1-19(2)14-8-7-12(17)9-13(14)18-10-11-5-4-6-15(21-3)16(11)20/h4-10,20H,1-3H3. The van der Waals surface area contributed by atoms with Crippen LogP contribution in [0.15, 0.2) is 41.4 Å². The van der Waals surface area contributed by atoms with Crippen molar-refractivity contribution in [2.24, 2.45) is 4.99 Å². The topological polar surface area (TPSA) is 45.1 Å². The molecule has 2 aromatic rings. The van der Waals surface area contributed by atoms with E-state index in [1.807, 2.05) is 31.1 Å². The lowest BCUT2D eigenvalue weighted by Crippen LogP contribution is -2.08. The monoisotopic (exact) mass is 304 g/mol. The molecule has 5 heteroatoms. The van der Waals surface area contributed by atoms with Gasteiger partial charge in [0.2, 0.25) is 0 Å². The zero-order chi connectivity index (χ0) is 15.4. The predicted octanol–water partition coefficient (Wildman–Crippen LogP) is 3.87. The number of phenolic OH excluding ortho intramolecular Hbond substituents is 1. The normalized spacial score (nSPS) is 10.9. The van der Waals surface area contributed by atoms with Crippen molar-refractivity contribution < 1.29 is 9.84 Å². The molecule has 2 aromatic carbocycles. The van der Waals surface area contributed by atoms with Crippen molar-refractivity contribution in [2.45, 2.75) is 0 Å². The number of hydrogen-bond acceptors (Lipinski definition) is 4. The van der Waals surface area contributed by atoms with Crippen molar-refractivity contribution in [1.82, 2.24) is 0 Å². The van der Waals surface area contributed by atoms with Crippen LogP contribution >= 0.6 is 11.6 Å². The summed E-state index contributed by atoms with van der Waals surface area (Å²) < 4.78 is 5.08. The van der Waals surface area contributed by atoms with Gasteiger partial charge in [-0.1, -0.05) is 17.7 Å². The summed E-state index contributed by atoms with van der Waals surface area (Å²) in [5, 5.41) is 10.7. The minimum Gasteiger partial charge on any atom is -0.504 e. The molecule has 0 aliphatic rings. The Hall–Kier alpha value is -2.20. The lowest BCUT2D eigenvalue weighted by Gasteiger charge is -2.15. The largest absolute Gasteiger partial charge is 0.504 e.